The molecule has 104 valence electrons. The number of nitrogens with one attached hydrogen (secondary N) is 1. The molecule has 0 aliphatic heterocycles. The Kier molecular flexibility index (Phi) is 4.97. The maximum absolute atomic E-state index is 13.6. The van der Waals surface area contributed by atoms with Gasteiger partial charge in [-0.15, -0.1) is 0 Å². The average Bonchev–Trinajstić information content (AvgIpc) is 2.91. The molecule has 0 radical (unpaired) electrons. The second-order valence-corrected chi connectivity index (χ2v) is 5.07. The first-order valence-electron chi connectivity index (χ1n) is 6.95. The highest BCUT2D eigenvalue weighted by molar-refractivity contribution is 5.30. The van der Waals surface area contributed by atoms with Gasteiger partial charge < -0.3 is 10.1 Å². The molecule has 19 heavy (non-hydrogen) atoms. The van der Waals surface area contributed by atoms with Crippen LogP contribution in [0.4, 0.5) is 4.39 Å². The van der Waals surface area contributed by atoms with Gasteiger partial charge in [0.05, 0.1) is 7.11 Å². The summed E-state index contributed by atoms with van der Waals surface area (Å²) in [5.41, 5.74) is 2.51. The largest absolute Gasteiger partial charge is 0.494 e. The Labute approximate surface area is 114 Å². The van der Waals surface area contributed by atoms with Crippen LogP contribution in [0.2, 0.25) is 0 Å². The summed E-state index contributed by atoms with van der Waals surface area (Å²) >= 11 is 0. The number of benzene rings is 1. The van der Waals surface area contributed by atoms with E-state index in [9.17, 15) is 4.39 Å². The van der Waals surface area contributed by atoms with Gasteiger partial charge in [-0.25, -0.2) is 4.39 Å². The molecule has 2 rings (SSSR count). The molecule has 1 aromatic rings. The van der Waals surface area contributed by atoms with E-state index in [0.29, 0.717) is 5.75 Å². The number of methoxy groups -OCH3 is 1. The molecular weight excluding hydrogens is 241 g/mol. The number of hydrogen-bond acceptors (Lipinski definition) is 2. The van der Waals surface area contributed by atoms with Crippen molar-refractivity contribution < 1.29 is 9.13 Å². The fraction of sp³-hybridized carbons (Fsp3) is 0.500. The highest BCUT2D eigenvalue weighted by Gasteiger charge is 2.10. The zero-order valence-electron chi connectivity index (χ0n) is 11.7. The van der Waals surface area contributed by atoms with Gasteiger partial charge >= 0.3 is 0 Å². The Bertz CT molecular complexity index is 456. The summed E-state index contributed by atoms with van der Waals surface area (Å²) in [6.07, 6.45) is 7.22. The number of allylic oxidation sites excluding steroid dienone is 1. The van der Waals surface area contributed by atoms with E-state index in [-0.39, 0.29) is 11.9 Å². The molecule has 1 aliphatic rings. The molecule has 0 bridgehead atoms. The normalized spacial score (nSPS) is 16.3. The van der Waals surface area contributed by atoms with Crippen LogP contribution in [0.3, 0.4) is 0 Å². The quantitative estimate of drug-likeness (QED) is 0.784. The molecule has 0 saturated heterocycles. The van der Waals surface area contributed by atoms with Crippen LogP contribution < -0.4 is 10.1 Å². The van der Waals surface area contributed by atoms with Gasteiger partial charge in [0.15, 0.2) is 11.6 Å². The number of ether oxygens (including phenoxy) is 1. The lowest BCUT2D eigenvalue weighted by molar-refractivity contribution is 0.385. The predicted molar refractivity (Wildman–Crippen MR) is 75.9 cm³/mol. The smallest absolute Gasteiger partial charge is 0.165 e. The van der Waals surface area contributed by atoms with Gasteiger partial charge in [0.2, 0.25) is 0 Å². The van der Waals surface area contributed by atoms with Gasteiger partial charge in [0.25, 0.3) is 0 Å². The molecule has 0 amide bonds. The van der Waals surface area contributed by atoms with Crippen LogP contribution in [0, 0.1) is 5.82 Å². The van der Waals surface area contributed by atoms with E-state index in [0.717, 1.165) is 18.5 Å². The van der Waals surface area contributed by atoms with Crippen LogP contribution in [0.5, 0.6) is 5.75 Å². The third-order valence-electron chi connectivity index (χ3n) is 3.71. The third-order valence-corrected chi connectivity index (χ3v) is 3.71. The van der Waals surface area contributed by atoms with Crippen LogP contribution in [0.15, 0.2) is 29.8 Å². The topological polar surface area (TPSA) is 21.3 Å². The lowest BCUT2D eigenvalue weighted by Gasteiger charge is -2.15. The minimum Gasteiger partial charge on any atom is -0.494 e. The highest BCUT2D eigenvalue weighted by Crippen LogP contribution is 2.23. The van der Waals surface area contributed by atoms with Crippen LogP contribution in [-0.4, -0.2) is 13.7 Å². The molecule has 2 nitrogen and oxygen atoms in total. The Balaban J connectivity index is 1.85. The van der Waals surface area contributed by atoms with E-state index < -0.39 is 0 Å². The predicted octanol–water partition coefficient (Wildman–Crippen LogP) is 3.99. The van der Waals surface area contributed by atoms with Crippen molar-refractivity contribution in [2.75, 3.05) is 13.7 Å². The third kappa shape index (κ3) is 3.80. The summed E-state index contributed by atoms with van der Waals surface area (Å²) in [6.45, 7) is 3.00. The van der Waals surface area contributed by atoms with E-state index in [1.807, 2.05) is 6.07 Å². The van der Waals surface area contributed by atoms with Crippen molar-refractivity contribution in [1.82, 2.24) is 5.32 Å². The van der Waals surface area contributed by atoms with Crippen LogP contribution in [-0.2, 0) is 0 Å². The van der Waals surface area contributed by atoms with Crippen LogP contribution in [0.1, 0.15) is 44.2 Å². The van der Waals surface area contributed by atoms with E-state index >= 15 is 0 Å². The minimum atomic E-state index is -0.299. The SMILES string of the molecule is COc1ccc(C(C)NCCC2=CCCC2)cc1F. The Morgan fingerprint density at radius 3 is 2.89 bits per heavy atom. The van der Waals surface area contributed by atoms with Crippen molar-refractivity contribution in [1.29, 1.82) is 0 Å². The second-order valence-electron chi connectivity index (χ2n) is 5.07. The average molecular weight is 263 g/mol. The molecule has 3 heteroatoms. The maximum atomic E-state index is 13.6. The Morgan fingerprint density at radius 1 is 1.42 bits per heavy atom. The first-order valence-corrected chi connectivity index (χ1v) is 6.95. The van der Waals surface area contributed by atoms with Crippen LogP contribution in [0.25, 0.3) is 0 Å². The lowest BCUT2D eigenvalue weighted by atomic mass is 10.1. The fourth-order valence-electron chi connectivity index (χ4n) is 2.48. The minimum absolute atomic E-state index is 0.155. The summed E-state index contributed by atoms with van der Waals surface area (Å²) in [5.74, 6) is -0.000729. The van der Waals surface area contributed by atoms with E-state index in [2.05, 4.69) is 18.3 Å². The molecule has 1 aromatic carbocycles. The first-order chi connectivity index (χ1) is 9.20. The molecule has 1 N–H and O–H groups in total. The van der Waals surface area contributed by atoms with Gasteiger partial charge in [-0.2, -0.15) is 0 Å². The molecule has 1 aliphatic carbocycles. The van der Waals surface area contributed by atoms with Gasteiger partial charge in [-0.1, -0.05) is 17.7 Å². The van der Waals surface area contributed by atoms with Gasteiger partial charge in [-0.05, 0) is 56.8 Å². The van der Waals surface area contributed by atoms with E-state index in [4.69, 9.17) is 4.74 Å². The zero-order valence-corrected chi connectivity index (χ0v) is 11.7. The van der Waals surface area contributed by atoms with Gasteiger partial charge in [0.1, 0.15) is 0 Å². The molecule has 1 unspecified atom stereocenters. The standard InChI is InChI=1S/C16H22FNO/c1-12(18-10-9-13-5-3-4-6-13)14-7-8-16(19-2)15(17)11-14/h5,7-8,11-12,18H,3-4,6,9-10H2,1-2H3. The van der Waals surface area contributed by atoms with E-state index in [1.165, 1.54) is 26.4 Å². The monoisotopic (exact) mass is 263 g/mol. The van der Waals surface area contributed by atoms with Gasteiger partial charge in [0, 0.05) is 6.04 Å². The summed E-state index contributed by atoms with van der Waals surface area (Å²) in [4.78, 5) is 0. The summed E-state index contributed by atoms with van der Waals surface area (Å²) in [5, 5.41) is 3.44. The molecule has 0 fully saturated rings. The summed E-state index contributed by atoms with van der Waals surface area (Å²) < 4.78 is 18.5. The van der Waals surface area contributed by atoms with Crippen molar-refractivity contribution in [3.63, 3.8) is 0 Å². The van der Waals surface area contributed by atoms with Gasteiger partial charge in [-0.3, -0.25) is 0 Å². The van der Waals surface area contributed by atoms with E-state index in [1.54, 1.807) is 17.7 Å². The molecule has 1 atom stereocenters. The number of halogens is 1. The fourth-order valence-corrected chi connectivity index (χ4v) is 2.48. The molecule has 0 heterocycles. The molecule has 0 spiro atoms. The second kappa shape index (κ2) is 6.71. The van der Waals surface area contributed by atoms with Crippen molar-refractivity contribution in [3.8, 4) is 5.75 Å². The maximum Gasteiger partial charge on any atom is 0.165 e. The summed E-state index contributed by atoms with van der Waals surface area (Å²) in [7, 11) is 1.48. The zero-order chi connectivity index (χ0) is 13.7. The highest BCUT2D eigenvalue weighted by atomic mass is 19.1. The molecule has 0 saturated carbocycles. The molecular formula is C16H22FNO. The Hall–Kier alpha value is -1.35. The molecule has 0 aromatic heterocycles. The number of hydrogen-bond donors (Lipinski definition) is 1. The number of rotatable bonds is 6. The van der Waals surface area contributed by atoms with Crippen molar-refractivity contribution in [2.45, 2.75) is 38.6 Å². The van der Waals surface area contributed by atoms with Crippen LogP contribution >= 0.6 is 0 Å². The van der Waals surface area contributed by atoms with Crippen molar-refractivity contribution in [2.24, 2.45) is 0 Å². The van der Waals surface area contributed by atoms with Crippen molar-refractivity contribution in [3.05, 3.63) is 41.2 Å². The van der Waals surface area contributed by atoms with Crippen molar-refractivity contribution >= 4 is 0 Å². The summed E-state index contributed by atoms with van der Waals surface area (Å²) in [6, 6.07) is 5.30. The first kappa shape index (κ1) is 14.1. The Morgan fingerprint density at radius 2 is 2.26 bits per heavy atom. The lowest BCUT2D eigenvalue weighted by Crippen LogP contribution is -2.20.